The molecule has 1 aromatic heterocycles. The van der Waals surface area contributed by atoms with Gasteiger partial charge in [0.15, 0.2) is 0 Å². The Kier molecular flexibility index (Phi) is 6.52. The Morgan fingerprint density at radius 2 is 1.96 bits per heavy atom. The number of benzene rings is 1. The molecule has 0 bridgehead atoms. The first kappa shape index (κ1) is 18.9. The minimum atomic E-state index is -0.605. The Hall–Kier alpha value is -2.41. The van der Waals surface area contributed by atoms with Crippen molar-refractivity contribution in [3.05, 3.63) is 41.9 Å². The number of carbonyl (C=O) groups excluding carboxylic acids is 1. The van der Waals surface area contributed by atoms with Crippen molar-refractivity contribution in [2.24, 2.45) is 10.6 Å². The molecule has 0 aliphatic carbocycles. The molecule has 25 heavy (non-hydrogen) atoms. The van der Waals surface area contributed by atoms with Crippen molar-refractivity contribution >= 4 is 23.2 Å². The van der Waals surface area contributed by atoms with E-state index in [1.807, 2.05) is 20.8 Å². The summed E-state index contributed by atoms with van der Waals surface area (Å²) in [5.41, 5.74) is -0.605. The van der Waals surface area contributed by atoms with Crippen LogP contribution in [0.25, 0.3) is 0 Å². The highest BCUT2D eigenvalue weighted by atomic mass is 35.5. The average molecular weight is 365 g/mol. The number of hydrogen-bond acceptors (Lipinski definition) is 6. The summed E-state index contributed by atoms with van der Waals surface area (Å²) in [4.78, 5) is 21.6. The van der Waals surface area contributed by atoms with E-state index < -0.39 is 5.41 Å². The first-order chi connectivity index (χ1) is 11.9. The molecule has 8 heteroatoms. The van der Waals surface area contributed by atoms with Gasteiger partial charge in [-0.1, -0.05) is 37.5 Å². The van der Waals surface area contributed by atoms with Crippen molar-refractivity contribution in [1.82, 2.24) is 14.8 Å². The summed E-state index contributed by atoms with van der Waals surface area (Å²) in [7, 11) is 0. The van der Waals surface area contributed by atoms with Gasteiger partial charge in [0.1, 0.15) is 25.0 Å². The number of ketones is 1. The fourth-order valence-electron chi connectivity index (χ4n) is 1.79. The van der Waals surface area contributed by atoms with Gasteiger partial charge in [0.25, 0.3) is 0 Å². The first-order valence-corrected chi connectivity index (χ1v) is 8.24. The highest BCUT2D eigenvalue weighted by molar-refractivity contribution is 6.40. The quantitative estimate of drug-likeness (QED) is 0.326. The highest BCUT2D eigenvalue weighted by Gasteiger charge is 2.28. The Labute approximate surface area is 151 Å². The number of ether oxygens (including phenoxy) is 1. The summed E-state index contributed by atoms with van der Waals surface area (Å²) in [5.74, 6) is 0.651. The van der Waals surface area contributed by atoms with E-state index in [-0.39, 0.29) is 11.6 Å². The molecule has 0 unspecified atom stereocenters. The van der Waals surface area contributed by atoms with Gasteiger partial charge in [-0.25, -0.2) is 4.98 Å². The normalized spacial score (nSPS) is 12.1. The number of aromatic nitrogens is 3. The van der Waals surface area contributed by atoms with E-state index in [1.165, 1.54) is 17.3 Å². The lowest BCUT2D eigenvalue weighted by molar-refractivity contribution is -0.120. The molecule has 134 valence electrons. The van der Waals surface area contributed by atoms with Crippen LogP contribution in [0.4, 0.5) is 0 Å². The second-order valence-corrected chi connectivity index (χ2v) is 6.76. The third kappa shape index (κ3) is 5.86. The van der Waals surface area contributed by atoms with Crippen molar-refractivity contribution in [3.63, 3.8) is 0 Å². The molecule has 0 N–H and O–H groups in total. The van der Waals surface area contributed by atoms with E-state index in [9.17, 15) is 4.79 Å². The van der Waals surface area contributed by atoms with E-state index in [2.05, 4.69) is 15.2 Å². The molecule has 0 amide bonds. The maximum atomic E-state index is 12.5. The molecular formula is C17H21ClN4O3. The van der Waals surface area contributed by atoms with Gasteiger partial charge in [-0.2, -0.15) is 9.78 Å². The van der Waals surface area contributed by atoms with E-state index in [4.69, 9.17) is 21.2 Å². The summed E-state index contributed by atoms with van der Waals surface area (Å²) in [5, 5.41) is 8.56. The molecule has 0 saturated heterocycles. The van der Waals surface area contributed by atoms with Crippen molar-refractivity contribution in [3.8, 4) is 5.75 Å². The summed E-state index contributed by atoms with van der Waals surface area (Å²) >= 11 is 5.81. The molecule has 1 heterocycles. The monoisotopic (exact) mass is 364 g/mol. The number of nitrogens with zero attached hydrogens (tertiary/aromatic N) is 4. The smallest absolute Gasteiger partial charge is 0.238 e. The zero-order valence-electron chi connectivity index (χ0n) is 14.5. The van der Waals surface area contributed by atoms with E-state index >= 15 is 0 Å². The summed E-state index contributed by atoms with van der Waals surface area (Å²) < 4.78 is 6.86. The van der Waals surface area contributed by atoms with Crippen LogP contribution in [-0.2, 0) is 9.63 Å². The maximum absolute atomic E-state index is 12.5. The number of carbonyl (C=O) groups is 1. The van der Waals surface area contributed by atoms with Gasteiger partial charge in [-0.05, 0) is 24.3 Å². The molecule has 0 aliphatic rings. The van der Waals surface area contributed by atoms with Crippen LogP contribution in [0.3, 0.4) is 0 Å². The molecule has 2 aromatic rings. The van der Waals surface area contributed by atoms with Gasteiger partial charge >= 0.3 is 0 Å². The fourth-order valence-corrected chi connectivity index (χ4v) is 1.92. The number of hydrogen-bond donors (Lipinski definition) is 0. The molecule has 2 rings (SSSR count). The second-order valence-electron chi connectivity index (χ2n) is 6.32. The van der Waals surface area contributed by atoms with Crippen LogP contribution in [0.1, 0.15) is 27.2 Å². The minimum Gasteiger partial charge on any atom is -0.493 e. The van der Waals surface area contributed by atoms with Gasteiger partial charge in [0, 0.05) is 16.9 Å². The summed E-state index contributed by atoms with van der Waals surface area (Å²) in [6, 6.07) is 7.12. The predicted octanol–water partition coefficient (Wildman–Crippen LogP) is 3.19. The minimum absolute atomic E-state index is 0.101. The SMILES string of the molecule is CC(C)(C)C(=O)/C(=N\OCCCOc1ccc(Cl)cc1)n1cncn1. The molecule has 1 aromatic carbocycles. The van der Waals surface area contributed by atoms with E-state index in [0.29, 0.717) is 24.7 Å². The largest absolute Gasteiger partial charge is 0.493 e. The molecule has 0 radical (unpaired) electrons. The Balaban J connectivity index is 1.85. The van der Waals surface area contributed by atoms with Crippen LogP contribution in [0.2, 0.25) is 5.02 Å². The summed E-state index contributed by atoms with van der Waals surface area (Å²) in [6.45, 7) is 6.19. The summed E-state index contributed by atoms with van der Waals surface area (Å²) in [6.07, 6.45) is 3.36. The Morgan fingerprint density at radius 1 is 1.24 bits per heavy atom. The van der Waals surface area contributed by atoms with Gasteiger partial charge in [0.2, 0.25) is 11.6 Å². The highest BCUT2D eigenvalue weighted by Crippen LogP contribution is 2.17. The maximum Gasteiger partial charge on any atom is 0.238 e. The van der Waals surface area contributed by atoms with Gasteiger partial charge < -0.3 is 9.57 Å². The van der Waals surface area contributed by atoms with Crippen molar-refractivity contribution < 1.29 is 14.4 Å². The molecule has 0 spiro atoms. The van der Waals surface area contributed by atoms with Crippen LogP contribution in [0.15, 0.2) is 42.1 Å². The van der Waals surface area contributed by atoms with E-state index in [0.717, 1.165) is 5.75 Å². The third-order valence-corrected chi connectivity index (χ3v) is 3.39. The number of Topliss-reactive ketones (excluding diaryl/α,β-unsaturated/α-hetero) is 1. The molecular weight excluding hydrogens is 344 g/mol. The van der Waals surface area contributed by atoms with Crippen LogP contribution < -0.4 is 4.74 Å². The lowest BCUT2D eigenvalue weighted by Gasteiger charge is -2.17. The van der Waals surface area contributed by atoms with Gasteiger partial charge in [-0.3, -0.25) is 4.79 Å². The average Bonchev–Trinajstić information content (AvgIpc) is 3.08. The zero-order chi connectivity index (χ0) is 18.3. The van der Waals surface area contributed by atoms with Crippen LogP contribution in [0.5, 0.6) is 5.75 Å². The lowest BCUT2D eigenvalue weighted by atomic mass is 9.90. The molecule has 7 nitrogen and oxygen atoms in total. The zero-order valence-corrected chi connectivity index (χ0v) is 15.2. The molecule has 0 aliphatic heterocycles. The molecule has 0 atom stereocenters. The lowest BCUT2D eigenvalue weighted by Crippen LogP contribution is -2.34. The Bertz CT molecular complexity index is 706. The van der Waals surface area contributed by atoms with Crippen LogP contribution in [-0.4, -0.2) is 39.6 Å². The fraction of sp³-hybridized carbons (Fsp3) is 0.412. The van der Waals surface area contributed by atoms with Crippen molar-refractivity contribution in [1.29, 1.82) is 0 Å². The van der Waals surface area contributed by atoms with E-state index in [1.54, 1.807) is 24.3 Å². The number of oxime groups is 1. The van der Waals surface area contributed by atoms with Gasteiger partial charge in [0.05, 0.1) is 6.61 Å². The predicted molar refractivity (Wildman–Crippen MR) is 94.8 cm³/mol. The van der Waals surface area contributed by atoms with Crippen molar-refractivity contribution in [2.75, 3.05) is 13.2 Å². The second kappa shape index (κ2) is 8.62. The van der Waals surface area contributed by atoms with Crippen LogP contribution >= 0.6 is 11.6 Å². The Morgan fingerprint density at radius 3 is 2.56 bits per heavy atom. The van der Waals surface area contributed by atoms with Crippen LogP contribution in [0, 0.1) is 5.41 Å². The number of rotatable bonds is 7. The van der Waals surface area contributed by atoms with Gasteiger partial charge in [-0.15, -0.1) is 0 Å². The molecule has 0 fully saturated rings. The third-order valence-electron chi connectivity index (χ3n) is 3.13. The first-order valence-electron chi connectivity index (χ1n) is 7.86. The van der Waals surface area contributed by atoms with Crippen molar-refractivity contribution in [2.45, 2.75) is 27.2 Å². The number of halogens is 1. The standard InChI is InChI=1S/C17H21ClN4O3/c1-17(2,3)15(23)16(22-12-19-11-20-22)21-25-10-4-9-24-14-7-5-13(18)6-8-14/h5-8,11-12H,4,9-10H2,1-3H3/b21-16+. The topological polar surface area (TPSA) is 78.6 Å². The molecule has 0 saturated carbocycles.